The zero-order chi connectivity index (χ0) is 26.5. The fraction of sp³-hybridized carbons (Fsp3) is 0.385. The third kappa shape index (κ3) is 6.55. The Hall–Kier alpha value is -3.11. The van der Waals surface area contributed by atoms with Gasteiger partial charge in [0.2, 0.25) is 0 Å². The van der Waals surface area contributed by atoms with E-state index in [1.165, 1.54) is 37.7 Å². The first-order valence-electron chi connectivity index (χ1n) is 11.2. The Labute approximate surface area is 212 Å². The van der Waals surface area contributed by atoms with Crippen molar-refractivity contribution < 1.29 is 36.9 Å². The van der Waals surface area contributed by atoms with Crippen LogP contribution in [0.15, 0.2) is 42.5 Å². The number of carbonyl (C=O) groups is 1. The zero-order valence-electron chi connectivity index (χ0n) is 20.6. The average molecular weight is 524 g/mol. The third-order valence-electron chi connectivity index (χ3n) is 5.47. The van der Waals surface area contributed by atoms with Gasteiger partial charge in [0.05, 0.1) is 30.4 Å². The molecule has 0 saturated heterocycles. The summed E-state index contributed by atoms with van der Waals surface area (Å²) in [5.74, 6) is 0.634. The fourth-order valence-electron chi connectivity index (χ4n) is 3.68. The Morgan fingerprint density at radius 1 is 1.11 bits per heavy atom. The number of carbonyl (C=O) groups excluding carboxylic acids is 1. The number of rotatable bonds is 10. The largest absolute Gasteiger partial charge is 0.496 e. The molecule has 1 heterocycles. The second-order valence-electron chi connectivity index (χ2n) is 7.95. The van der Waals surface area contributed by atoms with Crippen molar-refractivity contribution in [2.75, 3.05) is 20.8 Å². The third-order valence-corrected chi connectivity index (χ3v) is 6.84. The molecule has 0 bridgehead atoms. The van der Waals surface area contributed by atoms with Crippen LogP contribution >= 0.6 is 11.3 Å². The van der Waals surface area contributed by atoms with E-state index in [1.54, 1.807) is 19.1 Å². The van der Waals surface area contributed by atoms with Gasteiger partial charge in [-0.25, -0.2) is 9.78 Å². The lowest BCUT2D eigenvalue weighted by molar-refractivity contribution is -0.153. The van der Waals surface area contributed by atoms with Crippen LogP contribution in [0.4, 0.5) is 13.2 Å². The summed E-state index contributed by atoms with van der Waals surface area (Å²) in [4.78, 5) is 17.4. The SMILES string of the molecule is CCO[C@@H](Cc1ccc(O[C@@H](C)c2sc(-c3ccc(C(F)(F)F)cc3)nc2C)cc1OC)C(=O)OC. The van der Waals surface area contributed by atoms with Gasteiger partial charge in [-0.3, -0.25) is 0 Å². The number of nitrogens with zero attached hydrogens (tertiary/aromatic N) is 1. The first-order valence-corrected chi connectivity index (χ1v) is 12.1. The van der Waals surface area contributed by atoms with Gasteiger partial charge in [-0.2, -0.15) is 13.2 Å². The highest BCUT2D eigenvalue weighted by Crippen LogP contribution is 2.37. The van der Waals surface area contributed by atoms with E-state index < -0.39 is 23.8 Å². The standard InChI is InChI=1S/C26H28F3NO5S/c1-6-34-22(25(31)33-5)13-18-9-12-20(14-21(18)32-4)35-16(3)23-15(2)30-24(36-23)17-7-10-19(11-8-17)26(27,28)29/h7-12,14,16,22H,6,13H2,1-5H3/t16-,22-/m0/s1. The molecule has 2 aromatic carbocycles. The minimum atomic E-state index is -4.38. The number of esters is 1. The molecule has 0 amide bonds. The van der Waals surface area contributed by atoms with E-state index in [-0.39, 0.29) is 12.5 Å². The number of aryl methyl sites for hydroxylation is 1. The van der Waals surface area contributed by atoms with Crippen LogP contribution < -0.4 is 9.47 Å². The van der Waals surface area contributed by atoms with Gasteiger partial charge >= 0.3 is 12.1 Å². The van der Waals surface area contributed by atoms with Gasteiger partial charge in [-0.05, 0) is 44.5 Å². The number of hydrogen-bond donors (Lipinski definition) is 0. The summed E-state index contributed by atoms with van der Waals surface area (Å²) in [6.45, 7) is 5.88. The van der Waals surface area contributed by atoms with Gasteiger partial charge in [0.15, 0.2) is 6.10 Å². The molecule has 0 spiro atoms. The van der Waals surface area contributed by atoms with Gasteiger partial charge in [-0.15, -0.1) is 11.3 Å². The van der Waals surface area contributed by atoms with E-state index in [4.69, 9.17) is 18.9 Å². The summed E-state index contributed by atoms with van der Waals surface area (Å²) in [6.07, 6.45) is -5.22. The topological polar surface area (TPSA) is 66.9 Å². The quantitative estimate of drug-likeness (QED) is 0.286. The molecule has 0 aliphatic rings. The maximum atomic E-state index is 12.9. The van der Waals surface area contributed by atoms with Crippen LogP contribution in [0.25, 0.3) is 10.6 Å². The molecule has 10 heteroatoms. The summed E-state index contributed by atoms with van der Waals surface area (Å²) < 4.78 is 60.6. The van der Waals surface area contributed by atoms with Crippen LogP contribution in [0.2, 0.25) is 0 Å². The molecule has 194 valence electrons. The number of aromatic nitrogens is 1. The minimum Gasteiger partial charge on any atom is -0.496 e. The lowest BCUT2D eigenvalue weighted by atomic mass is 10.1. The van der Waals surface area contributed by atoms with E-state index in [0.29, 0.717) is 28.7 Å². The zero-order valence-corrected chi connectivity index (χ0v) is 21.5. The Kier molecular flexibility index (Phi) is 8.97. The van der Waals surface area contributed by atoms with Crippen LogP contribution in [0.5, 0.6) is 11.5 Å². The predicted molar refractivity (Wildman–Crippen MR) is 130 cm³/mol. The summed E-state index contributed by atoms with van der Waals surface area (Å²) in [5, 5.41) is 0.615. The lowest BCUT2D eigenvalue weighted by Gasteiger charge is -2.18. The van der Waals surface area contributed by atoms with Crippen LogP contribution in [-0.4, -0.2) is 37.9 Å². The molecule has 0 N–H and O–H groups in total. The van der Waals surface area contributed by atoms with E-state index in [0.717, 1.165) is 28.3 Å². The normalized spacial score (nSPS) is 13.2. The van der Waals surface area contributed by atoms with Crippen LogP contribution in [0.3, 0.4) is 0 Å². The van der Waals surface area contributed by atoms with Crippen LogP contribution in [-0.2, 0) is 26.9 Å². The van der Waals surface area contributed by atoms with Crippen molar-refractivity contribution in [1.29, 1.82) is 0 Å². The molecule has 0 fully saturated rings. The molecule has 6 nitrogen and oxygen atoms in total. The molecule has 0 radical (unpaired) electrons. The van der Waals surface area contributed by atoms with Gasteiger partial charge < -0.3 is 18.9 Å². The second kappa shape index (κ2) is 11.7. The maximum absolute atomic E-state index is 12.9. The van der Waals surface area contributed by atoms with Gasteiger partial charge in [0, 0.05) is 24.7 Å². The summed E-state index contributed by atoms with van der Waals surface area (Å²) in [6, 6.07) is 10.3. The van der Waals surface area contributed by atoms with Crippen LogP contribution in [0, 0.1) is 6.92 Å². The number of hydrogen-bond acceptors (Lipinski definition) is 7. The van der Waals surface area contributed by atoms with E-state index in [1.807, 2.05) is 19.9 Å². The Bertz CT molecular complexity index is 1180. The number of benzene rings is 2. The van der Waals surface area contributed by atoms with Crippen molar-refractivity contribution in [2.45, 2.75) is 45.6 Å². The molecule has 1 aromatic heterocycles. The number of ether oxygens (including phenoxy) is 4. The highest BCUT2D eigenvalue weighted by Gasteiger charge is 2.30. The van der Waals surface area contributed by atoms with Crippen molar-refractivity contribution >= 4 is 17.3 Å². The first kappa shape index (κ1) is 27.5. The van der Waals surface area contributed by atoms with Crippen molar-refractivity contribution in [3.8, 4) is 22.1 Å². The maximum Gasteiger partial charge on any atom is 0.416 e. The smallest absolute Gasteiger partial charge is 0.416 e. The molecule has 2 atom stereocenters. The highest BCUT2D eigenvalue weighted by atomic mass is 32.1. The van der Waals surface area contributed by atoms with Gasteiger partial charge in [-0.1, -0.05) is 18.2 Å². The molecular weight excluding hydrogens is 495 g/mol. The highest BCUT2D eigenvalue weighted by molar-refractivity contribution is 7.15. The number of alkyl halides is 3. The van der Waals surface area contributed by atoms with Crippen molar-refractivity contribution in [3.05, 3.63) is 64.2 Å². The Balaban J connectivity index is 1.76. The van der Waals surface area contributed by atoms with Gasteiger partial charge in [0.25, 0.3) is 0 Å². The number of thiazole rings is 1. The Morgan fingerprint density at radius 2 is 1.81 bits per heavy atom. The average Bonchev–Trinajstić information content (AvgIpc) is 3.25. The van der Waals surface area contributed by atoms with Crippen molar-refractivity contribution in [3.63, 3.8) is 0 Å². The summed E-state index contributed by atoms with van der Waals surface area (Å²) >= 11 is 1.37. The summed E-state index contributed by atoms with van der Waals surface area (Å²) in [5.41, 5.74) is 1.41. The van der Waals surface area contributed by atoms with Crippen molar-refractivity contribution in [2.24, 2.45) is 0 Å². The Morgan fingerprint density at radius 3 is 2.39 bits per heavy atom. The predicted octanol–water partition coefficient (Wildman–Crippen LogP) is 6.41. The van der Waals surface area contributed by atoms with Gasteiger partial charge in [0.1, 0.15) is 22.6 Å². The fourth-order valence-corrected chi connectivity index (χ4v) is 4.73. The molecule has 3 aromatic rings. The van der Waals surface area contributed by atoms with Crippen LogP contribution in [0.1, 0.15) is 41.6 Å². The number of halogens is 3. The second-order valence-corrected chi connectivity index (χ2v) is 8.98. The van der Waals surface area contributed by atoms with E-state index in [9.17, 15) is 18.0 Å². The van der Waals surface area contributed by atoms with E-state index >= 15 is 0 Å². The van der Waals surface area contributed by atoms with Crippen molar-refractivity contribution in [1.82, 2.24) is 4.98 Å². The molecule has 3 rings (SSSR count). The molecule has 0 saturated carbocycles. The lowest BCUT2D eigenvalue weighted by Crippen LogP contribution is -2.28. The number of methoxy groups -OCH3 is 2. The molecule has 0 unspecified atom stereocenters. The monoisotopic (exact) mass is 523 g/mol. The molecule has 0 aliphatic carbocycles. The van der Waals surface area contributed by atoms with E-state index in [2.05, 4.69) is 4.98 Å². The molecular formula is C26H28F3NO5S. The molecule has 0 aliphatic heterocycles. The summed E-state index contributed by atoms with van der Waals surface area (Å²) in [7, 11) is 2.85. The minimum absolute atomic E-state index is 0.282. The first-order chi connectivity index (χ1) is 17.1. The molecule has 36 heavy (non-hydrogen) atoms.